The highest BCUT2D eigenvalue weighted by atomic mass is 16.5. The summed E-state index contributed by atoms with van der Waals surface area (Å²) in [5, 5.41) is 19.0. The lowest BCUT2D eigenvalue weighted by Gasteiger charge is -2.35. The van der Waals surface area contributed by atoms with E-state index in [-0.39, 0.29) is 0 Å². The first-order valence-corrected chi connectivity index (χ1v) is 7.11. The molecule has 1 atom stereocenters. The fourth-order valence-corrected chi connectivity index (χ4v) is 2.82. The molecule has 1 heterocycles. The summed E-state index contributed by atoms with van der Waals surface area (Å²) in [5.41, 5.74) is 2.53. The van der Waals surface area contributed by atoms with Gasteiger partial charge >= 0.3 is 0 Å². The SMILES string of the molecule is COCC1CCN(c2cc(C#N)ccc2[C@@H](C)O)CC1. The lowest BCUT2D eigenvalue weighted by Crippen LogP contribution is -2.35. The standard InChI is InChI=1S/C16H22N2O2/c1-12(19)15-4-3-14(10-17)9-16(15)18-7-5-13(6-8-18)11-20-2/h3-4,9,12-13,19H,5-8,11H2,1-2H3/t12-/m1/s1. The van der Waals surface area contributed by atoms with Crippen LogP contribution in [0.2, 0.25) is 0 Å². The Kier molecular flexibility index (Phi) is 4.99. The molecule has 0 unspecified atom stereocenters. The molecular formula is C16H22N2O2. The van der Waals surface area contributed by atoms with Crippen LogP contribution in [0.25, 0.3) is 0 Å². The topological polar surface area (TPSA) is 56.5 Å². The molecule has 1 aromatic carbocycles. The normalized spacial score (nSPS) is 17.8. The van der Waals surface area contributed by atoms with Crippen LogP contribution in [-0.2, 0) is 4.74 Å². The first-order chi connectivity index (χ1) is 9.65. The highest BCUT2D eigenvalue weighted by molar-refractivity contribution is 5.58. The van der Waals surface area contributed by atoms with Crippen molar-refractivity contribution in [3.05, 3.63) is 29.3 Å². The van der Waals surface area contributed by atoms with Crippen LogP contribution in [0.1, 0.15) is 37.0 Å². The summed E-state index contributed by atoms with van der Waals surface area (Å²) < 4.78 is 5.22. The Bertz CT molecular complexity index is 486. The minimum absolute atomic E-state index is 0.519. The summed E-state index contributed by atoms with van der Waals surface area (Å²) in [6.07, 6.45) is 1.66. The van der Waals surface area contributed by atoms with Crippen molar-refractivity contribution in [3.63, 3.8) is 0 Å². The average molecular weight is 274 g/mol. The van der Waals surface area contributed by atoms with Crippen molar-refractivity contribution < 1.29 is 9.84 Å². The average Bonchev–Trinajstić information content (AvgIpc) is 2.47. The quantitative estimate of drug-likeness (QED) is 0.916. The second-order valence-electron chi connectivity index (χ2n) is 5.45. The molecule has 1 aliphatic rings. The summed E-state index contributed by atoms with van der Waals surface area (Å²) in [6.45, 7) is 4.48. The Labute approximate surface area is 120 Å². The van der Waals surface area contributed by atoms with E-state index in [1.54, 1.807) is 20.1 Å². The zero-order chi connectivity index (χ0) is 14.5. The number of aliphatic hydroxyl groups excluding tert-OH is 1. The van der Waals surface area contributed by atoms with Crippen molar-refractivity contribution in [3.8, 4) is 6.07 Å². The van der Waals surface area contributed by atoms with Crippen LogP contribution >= 0.6 is 0 Å². The Morgan fingerprint density at radius 1 is 1.45 bits per heavy atom. The monoisotopic (exact) mass is 274 g/mol. The van der Waals surface area contributed by atoms with Gasteiger partial charge in [0.1, 0.15) is 0 Å². The molecule has 1 saturated heterocycles. The van der Waals surface area contributed by atoms with E-state index in [1.165, 1.54) is 0 Å². The molecule has 1 aromatic rings. The summed E-state index contributed by atoms with van der Waals surface area (Å²) >= 11 is 0. The molecule has 20 heavy (non-hydrogen) atoms. The molecule has 0 bridgehead atoms. The maximum Gasteiger partial charge on any atom is 0.0992 e. The fraction of sp³-hybridized carbons (Fsp3) is 0.562. The van der Waals surface area contributed by atoms with Gasteiger partial charge in [-0.05, 0) is 37.8 Å². The van der Waals surface area contributed by atoms with Gasteiger partial charge in [-0.2, -0.15) is 5.26 Å². The zero-order valence-electron chi connectivity index (χ0n) is 12.2. The van der Waals surface area contributed by atoms with Gasteiger partial charge in [-0.1, -0.05) is 6.07 Å². The van der Waals surface area contributed by atoms with Crippen molar-refractivity contribution in [2.75, 3.05) is 31.7 Å². The number of hydrogen-bond acceptors (Lipinski definition) is 4. The summed E-state index contributed by atoms with van der Waals surface area (Å²) in [5.74, 6) is 0.616. The van der Waals surface area contributed by atoms with Crippen LogP contribution in [0, 0.1) is 17.2 Å². The van der Waals surface area contributed by atoms with Crippen molar-refractivity contribution in [2.45, 2.75) is 25.9 Å². The second-order valence-corrected chi connectivity index (χ2v) is 5.45. The fourth-order valence-electron chi connectivity index (χ4n) is 2.82. The van der Waals surface area contributed by atoms with Crippen LogP contribution in [0.15, 0.2) is 18.2 Å². The van der Waals surface area contributed by atoms with Gasteiger partial charge in [-0.25, -0.2) is 0 Å². The molecule has 1 aliphatic heterocycles. The van der Waals surface area contributed by atoms with E-state index in [0.717, 1.165) is 43.8 Å². The van der Waals surface area contributed by atoms with E-state index in [2.05, 4.69) is 11.0 Å². The van der Waals surface area contributed by atoms with Crippen LogP contribution in [0.5, 0.6) is 0 Å². The third kappa shape index (κ3) is 3.30. The Morgan fingerprint density at radius 2 is 2.15 bits per heavy atom. The predicted molar refractivity (Wildman–Crippen MR) is 78.6 cm³/mol. The van der Waals surface area contributed by atoms with E-state index in [4.69, 9.17) is 10.00 Å². The van der Waals surface area contributed by atoms with Crippen LogP contribution < -0.4 is 4.90 Å². The number of piperidine rings is 1. The molecule has 1 fully saturated rings. The second kappa shape index (κ2) is 6.74. The summed E-state index contributed by atoms with van der Waals surface area (Å²) in [7, 11) is 1.74. The van der Waals surface area contributed by atoms with Gasteiger partial charge in [0.2, 0.25) is 0 Å². The van der Waals surface area contributed by atoms with Gasteiger partial charge in [0.05, 0.1) is 17.7 Å². The van der Waals surface area contributed by atoms with Crippen molar-refractivity contribution in [2.24, 2.45) is 5.92 Å². The lowest BCUT2D eigenvalue weighted by atomic mass is 9.95. The van der Waals surface area contributed by atoms with Crippen molar-refractivity contribution in [1.29, 1.82) is 5.26 Å². The van der Waals surface area contributed by atoms with E-state index in [1.807, 2.05) is 12.1 Å². The molecule has 0 spiro atoms. The highest BCUT2D eigenvalue weighted by Gasteiger charge is 2.22. The number of ether oxygens (including phenoxy) is 1. The Morgan fingerprint density at radius 3 is 2.70 bits per heavy atom. The summed E-state index contributed by atoms with van der Waals surface area (Å²) in [6, 6.07) is 7.69. The minimum Gasteiger partial charge on any atom is -0.389 e. The summed E-state index contributed by atoms with van der Waals surface area (Å²) in [4.78, 5) is 2.27. The zero-order valence-corrected chi connectivity index (χ0v) is 12.2. The number of hydrogen-bond donors (Lipinski definition) is 1. The van der Waals surface area contributed by atoms with E-state index in [9.17, 15) is 5.11 Å². The van der Waals surface area contributed by atoms with Gasteiger partial charge in [-0.3, -0.25) is 0 Å². The molecule has 4 heteroatoms. The van der Waals surface area contributed by atoms with Gasteiger partial charge < -0.3 is 14.7 Å². The number of methoxy groups -OCH3 is 1. The van der Waals surface area contributed by atoms with Crippen molar-refractivity contribution >= 4 is 5.69 Å². The first-order valence-electron chi connectivity index (χ1n) is 7.11. The largest absolute Gasteiger partial charge is 0.389 e. The molecule has 0 radical (unpaired) electrons. The number of anilines is 1. The molecular weight excluding hydrogens is 252 g/mol. The highest BCUT2D eigenvalue weighted by Crippen LogP contribution is 2.31. The molecule has 2 rings (SSSR count). The third-order valence-electron chi connectivity index (χ3n) is 3.97. The Hall–Kier alpha value is -1.57. The molecule has 1 N–H and O–H groups in total. The van der Waals surface area contributed by atoms with E-state index >= 15 is 0 Å². The number of nitriles is 1. The maximum absolute atomic E-state index is 9.91. The van der Waals surface area contributed by atoms with Crippen LogP contribution in [0.3, 0.4) is 0 Å². The lowest BCUT2D eigenvalue weighted by molar-refractivity contribution is 0.139. The Balaban J connectivity index is 2.18. The van der Waals surface area contributed by atoms with Gasteiger partial charge in [0, 0.05) is 38.1 Å². The smallest absolute Gasteiger partial charge is 0.0992 e. The number of nitrogens with zero attached hydrogens (tertiary/aromatic N) is 2. The maximum atomic E-state index is 9.91. The molecule has 4 nitrogen and oxygen atoms in total. The predicted octanol–water partition coefficient (Wildman–Crippen LogP) is 2.47. The number of benzene rings is 1. The van der Waals surface area contributed by atoms with Crippen LogP contribution in [0.4, 0.5) is 5.69 Å². The third-order valence-corrected chi connectivity index (χ3v) is 3.97. The minimum atomic E-state index is -0.519. The van der Waals surface area contributed by atoms with Gasteiger partial charge in [0.15, 0.2) is 0 Å². The van der Waals surface area contributed by atoms with Crippen molar-refractivity contribution in [1.82, 2.24) is 0 Å². The van der Waals surface area contributed by atoms with Gasteiger partial charge in [0.25, 0.3) is 0 Å². The number of rotatable bonds is 4. The van der Waals surface area contributed by atoms with Crippen LogP contribution in [-0.4, -0.2) is 31.9 Å². The van der Waals surface area contributed by atoms with Gasteiger partial charge in [-0.15, -0.1) is 0 Å². The first kappa shape index (κ1) is 14.8. The molecule has 0 amide bonds. The molecule has 0 saturated carbocycles. The van der Waals surface area contributed by atoms with E-state index in [0.29, 0.717) is 11.5 Å². The molecule has 0 aromatic heterocycles. The number of aliphatic hydroxyl groups is 1. The van der Waals surface area contributed by atoms with E-state index < -0.39 is 6.10 Å². The molecule has 0 aliphatic carbocycles. The molecule has 108 valence electrons.